The molecule has 0 unspecified atom stereocenters. The first-order chi connectivity index (χ1) is 13.1. The number of benzene rings is 5. The van der Waals surface area contributed by atoms with Gasteiger partial charge in [0.05, 0.1) is 0 Å². The highest BCUT2D eigenvalue weighted by Crippen LogP contribution is 2.42. The molecule has 27 heavy (non-hydrogen) atoms. The van der Waals surface area contributed by atoms with Crippen LogP contribution >= 0.6 is 0 Å². The van der Waals surface area contributed by atoms with Crippen molar-refractivity contribution < 1.29 is 9.59 Å². The molecule has 2 nitrogen and oxygen atoms in total. The van der Waals surface area contributed by atoms with Crippen LogP contribution in [0.3, 0.4) is 0 Å². The molecule has 6 rings (SSSR count). The van der Waals surface area contributed by atoms with E-state index in [1.54, 1.807) is 13.8 Å². The quantitative estimate of drug-likeness (QED) is 0.205. The fourth-order valence-corrected chi connectivity index (χ4v) is 4.94. The third kappa shape index (κ3) is 1.67. The molecule has 0 N–H and O–H groups in total. The number of carbonyl (C=O) groups is 2. The van der Waals surface area contributed by atoms with Crippen LogP contribution in [0.25, 0.3) is 43.1 Å². The summed E-state index contributed by atoms with van der Waals surface area (Å²) in [5, 5.41) is 9.05. The van der Waals surface area contributed by atoms with Crippen molar-refractivity contribution in [1.29, 1.82) is 0 Å². The predicted molar refractivity (Wildman–Crippen MR) is 113 cm³/mol. The lowest BCUT2D eigenvalue weighted by molar-refractivity contribution is 0.101. The van der Waals surface area contributed by atoms with Crippen molar-refractivity contribution in [3.8, 4) is 0 Å². The maximum atomic E-state index is 12.5. The van der Waals surface area contributed by atoms with Crippen LogP contribution in [0.15, 0.2) is 48.5 Å². The topological polar surface area (TPSA) is 34.1 Å². The normalized spacial score (nSPS) is 12.7. The molecule has 1 heterocycles. The Bertz CT molecular complexity index is 1490. The van der Waals surface area contributed by atoms with Crippen LogP contribution in [0.4, 0.5) is 0 Å². The van der Waals surface area contributed by atoms with Crippen LogP contribution in [0.5, 0.6) is 0 Å². The Morgan fingerprint density at radius 2 is 1.41 bits per heavy atom. The third-order valence-electron chi connectivity index (χ3n) is 6.00. The molecule has 0 atom stereocenters. The van der Waals surface area contributed by atoms with Gasteiger partial charge >= 0.3 is 0 Å². The van der Waals surface area contributed by atoms with Crippen molar-refractivity contribution in [2.24, 2.45) is 0 Å². The first-order valence-corrected chi connectivity index (χ1v) is 9.13. The second-order valence-corrected chi connectivity index (χ2v) is 7.49. The largest absolute Gasteiger partial charge is 0.294 e. The van der Waals surface area contributed by atoms with Gasteiger partial charge < -0.3 is 0 Å². The molecule has 5 aromatic carbocycles. The van der Waals surface area contributed by atoms with E-state index in [9.17, 15) is 9.59 Å². The van der Waals surface area contributed by atoms with Crippen LogP contribution < -0.4 is 10.9 Å². The van der Waals surface area contributed by atoms with Gasteiger partial charge in [0.1, 0.15) is 0 Å². The van der Waals surface area contributed by atoms with Crippen molar-refractivity contribution in [1.82, 2.24) is 0 Å². The van der Waals surface area contributed by atoms with Gasteiger partial charge in [-0.15, -0.1) is 0 Å². The van der Waals surface area contributed by atoms with E-state index in [4.69, 9.17) is 0 Å². The molecule has 3 heteroatoms. The maximum Gasteiger partial charge on any atom is 0.193 e. The fraction of sp³-hybridized carbons (Fsp3) is 0.0833. The lowest BCUT2D eigenvalue weighted by Crippen LogP contribution is -2.22. The molecule has 1 radical (unpaired) electrons. The molecular weight excluding hydrogens is 331 g/mol. The maximum absolute atomic E-state index is 12.5. The summed E-state index contributed by atoms with van der Waals surface area (Å²) in [5.41, 5.74) is 3.52. The Hall–Kier alpha value is -3.20. The van der Waals surface area contributed by atoms with Crippen LogP contribution in [0.2, 0.25) is 0 Å². The summed E-state index contributed by atoms with van der Waals surface area (Å²) in [5.74, 6) is -0.0194. The first kappa shape index (κ1) is 14.9. The van der Waals surface area contributed by atoms with Gasteiger partial charge in [-0.2, -0.15) is 0 Å². The van der Waals surface area contributed by atoms with Crippen molar-refractivity contribution in [2.45, 2.75) is 13.8 Å². The third-order valence-corrected chi connectivity index (χ3v) is 6.00. The lowest BCUT2D eigenvalue weighted by atomic mass is 9.66. The number of Topliss-reactive ketones (excluding diaryl/α,β-unsaturated/α-hetero) is 2. The summed E-state index contributed by atoms with van der Waals surface area (Å²) >= 11 is 0. The van der Waals surface area contributed by atoms with E-state index in [1.807, 2.05) is 18.2 Å². The zero-order valence-electron chi connectivity index (χ0n) is 15.0. The molecule has 5 aromatic rings. The summed E-state index contributed by atoms with van der Waals surface area (Å²) in [6, 6.07) is 16.6. The lowest BCUT2D eigenvalue weighted by Gasteiger charge is -2.17. The van der Waals surface area contributed by atoms with E-state index >= 15 is 0 Å². The number of rotatable bonds is 2. The number of hydrogen-bond donors (Lipinski definition) is 0. The van der Waals surface area contributed by atoms with Gasteiger partial charge in [-0.3, -0.25) is 9.59 Å². The second kappa shape index (κ2) is 4.74. The molecule has 0 aromatic heterocycles. The molecule has 0 saturated carbocycles. The van der Waals surface area contributed by atoms with Gasteiger partial charge in [-0.25, -0.2) is 0 Å². The molecule has 0 spiro atoms. The molecular formula is C24H14BO2. The molecule has 0 aliphatic carbocycles. The van der Waals surface area contributed by atoms with Crippen LogP contribution in [0, 0.1) is 0 Å². The average molecular weight is 345 g/mol. The average Bonchev–Trinajstić information content (AvgIpc) is 3.04. The smallest absolute Gasteiger partial charge is 0.193 e. The van der Waals surface area contributed by atoms with Crippen molar-refractivity contribution in [3.05, 3.63) is 59.7 Å². The van der Waals surface area contributed by atoms with Crippen LogP contribution in [0.1, 0.15) is 34.6 Å². The minimum absolute atomic E-state index is 0.00851. The molecule has 1 aliphatic rings. The molecule has 1 aliphatic heterocycles. The van der Waals surface area contributed by atoms with Crippen molar-refractivity contribution in [2.75, 3.05) is 0 Å². The highest BCUT2D eigenvalue weighted by molar-refractivity contribution is 6.78. The summed E-state index contributed by atoms with van der Waals surface area (Å²) in [7, 11) is 2.17. The zero-order valence-corrected chi connectivity index (χ0v) is 15.0. The van der Waals surface area contributed by atoms with Crippen LogP contribution in [-0.4, -0.2) is 18.8 Å². The van der Waals surface area contributed by atoms with Gasteiger partial charge in [0.15, 0.2) is 18.8 Å². The van der Waals surface area contributed by atoms with Gasteiger partial charge in [0.2, 0.25) is 0 Å². The Morgan fingerprint density at radius 3 is 2.19 bits per heavy atom. The molecule has 0 fully saturated rings. The van der Waals surface area contributed by atoms with E-state index in [2.05, 4.69) is 37.6 Å². The summed E-state index contributed by atoms with van der Waals surface area (Å²) in [6.45, 7) is 3.15. The van der Waals surface area contributed by atoms with E-state index < -0.39 is 0 Å². The Balaban J connectivity index is 2.06. The summed E-state index contributed by atoms with van der Waals surface area (Å²) < 4.78 is 0. The minimum Gasteiger partial charge on any atom is -0.294 e. The van der Waals surface area contributed by atoms with Crippen molar-refractivity contribution >= 4 is 72.9 Å². The molecule has 0 saturated heterocycles. The Kier molecular flexibility index (Phi) is 2.62. The van der Waals surface area contributed by atoms with Gasteiger partial charge in [-0.05, 0) is 51.6 Å². The van der Waals surface area contributed by atoms with E-state index in [0.717, 1.165) is 21.6 Å². The Morgan fingerprint density at radius 1 is 0.667 bits per heavy atom. The minimum atomic E-state index is -0.0109. The summed E-state index contributed by atoms with van der Waals surface area (Å²) in [4.78, 5) is 24.9. The van der Waals surface area contributed by atoms with Gasteiger partial charge in [-0.1, -0.05) is 59.5 Å². The number of carbonyl (C=O) groups excluding carboxylic acids is 2. The Labute approximate surface area is 156 Å². The number of ketones is 2. The van der Waals surface area contributed by atoms with Crippen molar-refractivity contribution in [3.63, 3.8) is 0 Å². The van der Waals surface area contributed by atoms with Gasteiger partial charge in [0.25, 0.3) is 0 Å². The number of hydrogen-bond acceptors (Lipinski definition) is 2. The second-order valence-electron chi connectivity index (χ2n) is 7.49. The highest BCUT2D eigenvalue weighted by Gasteiger charge is 2.27. The van der Waals surface area contributed by atoms with Crippen LogP contribution in [-0.2, 0) is 0 Å². The molecule has 125 valence electrons. The number of fused-ring (bicyclic) bond motifs is 1. The monoisotopic (exact) mass is 345 g/mol. The SMILES string of the molecule is CC(=O)c1ccc2c3cccc4ccc5c(c6c(cc(C(C)=O)c1c26)[B]5)c43. The molecule has 0 bridgehead atoms. The highest BCUT2D eigenvalue weighted by atomic mass is 16.1. The standard InChI is InChI=1S/C24H14BO2/c1-11(26)14-7-8-16-15-5-3-4-13-6-9-18-23(20(13)15)24-19(25-18)10-17(12(2)27)21(14)22(16)24/h3-10H,1-2H3. The summed E-state index contributed by atoms with van der Waals surface area (Å²) in [6.07, 6.45) is 0. The van der Waals surface area contributed by atoms with E-state index in [1.165, 1.54) is 32.4 Å². The first-order valence-electron chi connectivity index (χ1n) is 9.13. The fourth-order valence-electron chi connectivity index (χ4n) is 4.94. The van der Waals surface area contributed by atoms with Gasteiger partial charge in [0, 0.05) is 16.5 Å². The van der Waals surface area contributed by atoms with E-state index in [0.29, 0.717) is 11.1 Å². The van der Waals surface area contributed by atoms with E-state index in [-0.39, 0.29) is 11.6 Å². The molecule has 0 amide bonds. The predicted octanol–water partition coefficient (Wildman–Crippen LogP) is 4.11. The zero-order chi connectivity index (χ0) is 18.4.